The number of para-hydroxylation sites is 3. The van der Waals surface area contributed by atoms with Crippen molar-refractivity contribution in [3.8, 4) is 39.8 Å². The number of nitrogens with zero attached hydrogens (tertiary/aromatic N) is 2. The lowest BCUT2D eigenvalue weighted by atomic mass is 9.31. The first-order valence-corrected chi connectivity index (χ1v) is 23.7. The second kappa shape index (κ2) is 13.1. The Balaban J connectivity index is 0.965. The van der Waals surface area contributed by atoms with Crippen molar-refractivity contribution in [2.24, 2.45) is 0 Å². The number of hydrogen-bond acceptors (Lipinski definition) is 3. The summed E-state index contributed by atoms with van der Waals surface area (Å²) in [5.74, 6) is 3.45. The molecule has 16 rings (SSSR count). The number of rotatable bonds is 3. The summed E-state index contributed by atoms with van der Waals surface area (Å²) in [5.41, 5.74) is 22.8. The molecule has 1 aliphatic carbocycles. The van der Waals surface area contributed by atoms with Gasteiger partial charge >= 0.3 is 0 Å². The van der Waals surface area contributed by atoms with Crippen LogP contribution in [0.3, 0.4) is 0 Å². The van der Waals surface area contributed by atoms with E-state index >= 15 is 0 Å². The third kappa shape index (κ3) is 4.44. The molecule has 0 N–H and O–H groups in total. The zero-order valence-corrected chi connectivity index (χ0v) is 37.1. The average Bonchev–Trinajstić information content (AvgIpc) is 3.89. The van der Waals surface area contributed by atoms with Gasteiger partial charge in [0.25, 0.3) is 13.4 Å². The lowest BCUT2D eigenvalue weighted by molar-refractivity contribution is 0.465. The van der Waals surface area contributed by atoms with Crippen molar-refractivity contribution in [2.45, 2.75) is 12.3 Å². The van der Waals surface area contributed by atoms with Crippen LogP contribution in [-0.4, -0.2) is 18.0 Å². The molecule has 0 amide bonds. The number of ether oxygens (including phenoxy) is 2. The van der Waals surface area contributed by atoms with Gasteiger partial charge in [0.2, 0.25) is 0 Å². The maximum absolute atomic E-state index is 7.11. The van der Waals surface area contributed by atoms with Gasteiger partial charge in [-0.1, -0.05) is 164 Å². The average molecular weight is 865 g/mol. The summed E-state index contributed by atoms with van der Waals surface area (Å²) in [4.78, 5) is 2.43. The predicted octanol–water partition coefficient (Wildman–Crippen LogP) is 10.8. The van der Waals surface area contributed by atoms with Gasteiger partial charge in [0.1, 0.15) is 23.0 Å². The van der Waals surface area contributed by atoms with Gasteiger partial charge in [-0.3, -0.25) is 0 Å². The molecule has 68 heavy (non-hydrogen) atoms. The number of hydrogen-bond donors (Lipinski definition) is 0. The predicted molar refractivity (Wildman–Crippen MR) is 280 cm³/mol. The summed E-state index contributed by atoms with van der Waals surface area (Å²) in [6.07, 6.45) is 0. The van der Waals surface area contributed by atoms with Crippen molar-refractivity contribution in [3.05, 3.63) is 240 Å². The van der Waals surface area contributed by atoms with Gasteiger partial charge in [-0.15, -0.1) is 0 Å². The van der Waals surface area contributed by atoms with E-state index in [0.29, 0.717) is 0 Å². The van der Waals surface area contributed by atoms with Crippen LogP contribution in [0.4, 0.5) is 17.1 Å². The summed E-state index contributed by atoms with van der Waals surface area (Å²) in [6.45, 7) is 2.08. The summed E-state index contributed by atoms with van der Waals surface area (Å²) < 4.78 is 16.7. The lowest BCUT2D eigenvalue weighted by Gasteiger charge is -2.41. The van der Waals surface area contributed by atoms with Crippen molar-refractivity contribution in [3.63, 3.8) is 0 Å². The van der Waals surface area contributed by atoms with E-state index in [9.17, 15) is 0 Å². The number of benzene rings is 10. The van der Waals surface area contributed by atoms with Gasteiger partial charge in [0, 0.05) is 45.1 Å². The van der Waals surface area contributed by atoms with Gasteiger partial charge in [0.15, 0.2) is 0 Å². The SMILES string of the molecule is Cc1ccccc1N1c2ccccc2B2c3cc4c(cc3Oc3cccc1c32)Oc1cccc2c1B4c1cccc3c4c5c(ccc4n-2c13)-c1ccccc1C5(c1ccccc1)c1ccccc1. The van der Waals surface area contributed by atoms with Crippen molar-refractivity contribution >= 4 is 85.1 Å². The van der Waals surface area contributed by atoms with E-state index in [-0.39, 0.29) is 13.4 Å². The van der Waals surface area contributed by atoms with Crippen LogP contribution in [-0.2, 0) is 5.41 Å². The van der Waals surface area contributed by atoms with E-state index < -0.39 is 5.41 Å². The van der Waals surface area contributed by atoms with Crippen LogP contribution in [0.15, 0.2) is 212 Å². The zero-order valence-electron chi connectivity index (χ0n) is 37.1. The maximum atomic E-state index is 7.11. The molecule has 5 aliphatic rings. The van der Waals surface area contributed by atoms with Crippen LogP contribution in [0.25, 0.3) is 38.6 Å². The summed E-state index contributed by atoms with van der Waals surface area (Å²) in [5, 5.41) is 2.56. The van der Waals surface area contributed by atoms with Crippen LogP contribution in [0.2, 0.25) is 0 Å². The molecular weight excluding hydrogens is 826 g/mol. The Morgan fingerprint density at radius 1 is 0.426 bits per heavy atom. The molecule has 0 fully saturated rings. The minimum Gasteiger partial charge on any atom is -0.458 e. The van der Waals surface area contributed by atoms with Gasteiger partial charge in [-0.25, -0.2) is 0 Å². The fraction of sp³-hybridized carbons (Fsp3) is 0.0323. The van der Waals surface area contributed by atoms with Gasteiger partial charge in [-0.05, 0) is 121 Å². The Kier molecular flexibility index (Phi) is 7.08. The van der Waals surface area contributed by atoms with E-state index in [1.54, 1.807) is 0 Å². The number of anilines is 3. The molecule has 4 nitrogen and oxygen atoms in total. The van der Waals surface area contributed by atoms with Gasteiger partial charge in [-0.2, -0.15) is 0 Å². The molecule has 4 aliphatic heterocycles. The molecule has 0 spiro atoms. The van der Waals surface area contributed by atoms with E-state index in [1.807, 2.05) is 0 Å². The second-order valence-electron chi connectivity index (χ2n) is 19.0. The molecule has 0 saturated heterocycles. The Hall–Kier alpha value is -8.47. The largest absolute Gasteiger partial charge is 0.458 e. The monoisotopic (exact) mass is 864 g/mol. The third-order valence-electron chi connectivity index (χ3n) is 15.9. The highest BCUT2D eigenvalue weighted by Gasteiger charge is 2.50. The molecular formula is C62H38B2N2O2. The van der Waals surface area contributed by atoms with Crippen LogP contribution in [0, 0.1) is 6.92 Å². The normalized spacial score (nSPS) is 14.5. The smallest absolute Gasteiger partial charge is 0.256 e. The highest BCUT2D eigenvalue weighted by molar-refractivity contribution is 7.02. The molecule has 0 unspecified atom stereocenters. The second-order valence-corrected chi connectivity index (χ2v) is 19.0. The highest BCUT2D eigenvalue weighted by Crippen LogP contribution is 2.59. The lowest BCUT2D eigenvalue weighted by Crippen LogP contribution is -2.62. The first kappa shape index (κ1) is 36.7. The van der Waals surface area contributed by atoms with Crippen LogP contribution in [0.5, 0.6) is 23.0 Å². The summed E-state index contributed by atoms with van der Waals surface area (Å²) in [7, 11) is 0. The third-order valence-corrected chi connectivity index (χ3v) is 15.9. The van der Waals surface area contributed by atoms with Crippen molar-refractivity contribution < 1.29 is 9.47 Å². The van der Waals surface area contributed by atoms with Crippen molar-refractivity contribution in [1.29, 1.82) is 0 Å². The molecule has 0 radical (unpaired) electrons. The first-order valence-electron chi connectivity index (χ1n) is 23.7. The van der Waals surface area contributed by atoms with Gasteiger partial charge < -0.3 is 18.9 Å². The Morgan fingerprint density at radius 2 is 1.01 bits per heavy atom. The van der Waals surface area contributed by atoms with Crippen LogP contribution in [0.1, 0.15) is 27.8 Å². The Morgan fingerprint density at radius 3 is 1.76 bits per heavy atom. The number of aromatic nitrogens is 1. The Bertz CT molecular complexity index is 3990. The molecule has 0 bridgehead atoms. The number of aryl methyl sites for hydroxylation is 1. The molecule has 5 heterocycles. The van der Waals surface area contributed by atoms with Crippen LogP contribution >= 0.6 is 0 Å². The van der Waals surface area contributed by atoms with Crippen LogP contribution < -0.4 is 47.2 Å². The van der Waals surface area contributed by atoms with Crippen molar-refractivity contribution in [1.82, 2.24) is 4.57 Å². The molecule has 10 aromatic carbocycles. The summed E-state index contributed by atoms with van der Waals surface area (Å²) >= 11 is 0. The fourth-order valence-electron chi connectivity index (χ4n) is 13.4. The topological polar surface area (TPSA) is 26.6 Å². The standard InChI is InChI=1S/C62H38B2N2O2/c1-37-17-8-12-27-48(37)65-49-28-13-11-25-44(49)63-46-35-47-56(36-55(46)67-53-31-15-29-51(65)59(53)63)68-54-32-16-30-52-60(54)64(47)45-26-14-23-42-57-50(66(52)61(42)45)34-33-41-40-22-9-10-24-43(40)62(58(41)57,38-18-4-2-5-19-38)39-20-6-3-7-21-39/h2-36H,1H3. The molecule has 11 aromatic rings. The van der Waals surface area contributed by atoms with E-state index in [4.69, 9.17) is 9.47 Å². The molecule has 314 valence electrons. The zero-order chi connectivity index (χ0) is 44.4. The first-order chi connectivity index (χ1) is 33.7. The molecule has 0 atom stereocenters. The Labute approximate surface area is 394 Å². The molecule has 6 heteroatoms. The van der Waals surface area contributed by atoms with E-state index in [1.165, 1.54) is 94.0 Å². The highest BCUT2D eigenvalue weighted by atomic mass is 16.5. The molecule has 1 aromatic heterocycles. The minimum atomic E-state index is -0.551. The molecule has 0 saturated carbocycles. The minimum absolute atomic E-state index is 0.0393. The van der Waals surface area contributed by atoms with E-state index in [2.05, 4.69) is 229 Å². The van der Waals surface area contributed by atoms with Gasteiger partial charge in [0.05, 0.1) is 10.9 Å². The van der Waals surface area contributed by atoms with Crippen molar-refractivity contribution in [2.75, 3.05) is 4.90 Å². The maximum Gasteiger partial charge on any atom is 0.256 e. The summed E-state index contributed by atoms with van der Waals surface area (Å²) in [6, 6.07) is 78.6. The fourth-order valence-corrected chi connectivity index (χ4v) is 13.4. The number of fused-ring (bicyclic) bond motifs is 15. The quantitative estimate of drug-likeness (QED) is 0.166. The van der Waals surface area contributed by atoms with E-state index in [0.717, 1.165) is 45.3 Å².